The lowest BCUT2D eigenvalue weighted by Crippen LogP contribution is -2.38. The molecule has 0 bridgehead atoms. The molecule has 0 aliphatic carbocycles. The van der Waals surface area contributed by atoms with Crippen LogP contribution in [0.5, 0.6) is 5.75 Å². The number of nitrogens with zero attached hydrogens (tertiary/aromatic N) is 2. The normalized spacial score (nSPS) is 13.2. The highest BCUT2D eigenvalue weighted by atomic mass is 16.3. The Bertz CT molecular complexity index is 1100. The number of carbonyl (C=O) groups excluding carboxylic acids is 2. The lowest BCUT2D eigenvalue weighted by Gasteiger charge is -2.20. The first kappa shape index (κ1) is 29.2. The van der Waals surface area contributed by atoms with Crippen molar-refractivity contribution in [1.29, 1.82) is 0 Å². The Labute approximate surface area is 218 Å². The third kappa shape index (κ3) is 9.83. The van der Waals surface area contributed by atoms with Gasteiger partial charge in [0.05, 0.1) is 0 Å². The van der Waals surface area contributed by atoms with E-state index in [9.17, 15) is 14.7 Å². The third-order valence-electron chi connectivity index (χ3n) is 6.17. The van der Waals surface area contributed by atoms with Crippen LogP contribution in [0.2, 0.25) is 0 Å². The number of amides is 1. The van der Waals surface area contributed by atoms with E-state index < -0.39 is 12.0 Å². The first-order chi connectivity index (χ1) is 17.5. The first-order valence-electron chi connectivity index (χ1n) is 12.2. The van der Waals surface area contributed by atoms with E-state index in [0.29, 0.717) is 19.5 Å². The Balaban J connectivity index is 2.05. The number of rotatable bonds is 13. The molecule has 0 aromatic heterocycles. The second kappa shape index (κ2) is 13.9. The van der Waals surface area contributed by atoms with Crippen LogP contribution in [0.25, 0.3) is 0 Å². The molecular formula is C27H39N7O3. The maximum absolute atomic E-state index is 13.2. The minimum Gasteiger partial charge on any atom is -0.508 e. The molecule has 0 heterocycles. The Morgan fingerprint density at radius 1 is 0.973 bits per heavy atom. The van der Waals surface area contributed by atoms with Gasteiger partial charge in [-0.2, -0.15) is 0 Å². The maximum atomic E-state index is 13.2. The number of carbonyl (C=O) groups is 2. The van der Waals surface area contributed by atoms with Gasteiger partial charge in [0.1, 0.15) is 11.8 Å². The van der Waals surface area contributed by atoms with E-state index in [1.807, 2.05) is 44.2 Å². The van der Waals surface area contributed by atoms with E-state index in [2.05, 4.69) is 15.3 Å². The quantitative estimate of drug-likeness (QED) is 0.171. The number of hydrogen-bond donors (Lipinski definition) is 6. The van der Waals surface area contributed by atoms with E-state index >= 15 is 0 Å². The van der Waals surface area contributed by atoms with E-state index in [1.54, 1.807) is 19.1 Å². The molecule has 3 atom stereocenters. The van der Waals surface area contributed by atoms with E-state index in [4.69, 9.17) is 22.9 Å². The summed E-state index contributed by atoms with van der Waals surface area (Å²) in [6, 6.07) is 12.3. The smallest absolute Gasteiger partial charge is 0.223 e. The summed E-state index contributed by atoms with van der Waals surface area (Å²) in [6.07, 6.45) is 0.921. The first-order valence-corrected chi connectivity index (χ1v) is 12.2. The Kier molecular flexibility index (Phi) is 10.9. The third-order valence-corrected chi connectivity index (χ3v) is 6.17. The number of guanidine groups is 2. The van der Waals surface area contributed by atoms with Gasteiger partial charge in [-0.25, -0.2) is 4.99 Å². The second-order valence-corrected chi connectivity index (χ2v) is 9.47. The van der Waals surface area contributed by atoms with E-state index in [1.165, 1.54) is 0 Å². The average Bonchev–Trinajstić information content (AvgIpc) is 2.82. The van der Waals surface area contributed by atoms with Crippen LogP contribution in [0.15, 0.2) is 52.4 Å². The SMILES string of the molecule is Cc1cc(O)cc(C)c1C[C@H](N=C(N)N)C(=O)C[C@H](C)C(=O)NCC(CN=C(N)N)Cc1ccccc1. The molecule has 0 spiro atoms. The van der Waals surface area contributed by atoms with Crippen LogP contribution in [0.3, 0.4) is 0 Å². The number of ketones is 1. The van der Waals surface area contributed by atoms with Gasteiger partial charge in [-0.1, -0.05) is 37.3 Å². The number of nitrogens with one attached hydrogen (secondary N) is 1. The van der Waals surface area contributed by atoms with Crippen molar-refractivity contribution < 1.29 is 14.7 Å². The molecule has 10 N–H and O–H groups in total. The topological polar surface area (TPSA) is 195 Å². The van der Waals surface area contributed by atoms with Crippen LogP contribution >= 0.6 is 0 Å². The molecule has 10 nitrogen and oxygen atoms in total. The lowest BCUT2D eigenvalue weighted by molar-refractivity contribution is -0.129. The van der Waals surface area contributed by atoms with Gasteiger partial charge in [0.2, 0.25) is 5.91 Å². The highest BCUT2D eigenvalue weighted by Crippen LogP contribution is 2.23. The van der Waals surface area contributed by atoms with Crippen molar-refractivity contribution in [2.24, 2.45) is 44.8 Å². The Morgan fingerprint density at radius 2 is 1.59 bits per heavy atom. The number of aryl methyl sites for hydroxylation is 2. The fourth-order valence-electron chi connectivity index (χ4n) is 4.23. The van der Waals surface area contributed by atoms with Crippen LogP contribution in [-0.4, -0.2) is 47.8 Å². The van der Waals surface area contributed by atoms with Gasteiger partial charge in [-0.05, 0) is 60.6 Å². The molecular weight excluding hydrogens is 470 g/mol. The summed E-state index contributed by atoms with van der Waals surface area (Å²) in [4.78, 5) is 34.3. The number of aliphatic imine (C=N–C) groups is 2. The van der Waals surface area contributed by atoms with Crippen molar-refractivity contribution in [3.8, 4) is 5.75 Å². The monoisotopic (exact) mass is 509 g/mol. The van der Waals surface area contributed by atoms with E-state index in [0.717, 1.165) is 22.3 Å². The molecule has 2 aromatic rings. The van der Waals surface area contributed by atoms with Crippen molar-refractivity contribution in [2.75, 3.05) is 13.1 Å². The molecule has 2 aromatic carbocycles. The molecule has 0 aliphatic rings. The van der Waals surface area contributed by atoms with Crippen molar-refractivity contribution in [2.45, 2.75) is 46.1 Å². The van der Waals surface area contributed by atoms with Crippen molar-refractivity contribution in [1.82, 2.24) is 5.32 Å². The molecule has 1 amide bonds. The van der Waals surface area contributed by atoms with Gasteiger partial charge in [0.25, 0.3) is 0 Å². The van der Waals surface area contributed by atoms with Gasteiger partial charge in [-0.3, -0.25) is 14.6 Å². The summed E-state index contributed by atoms with van der Waals surface area (Å²) in [6.45, 7) is 6.11. The zero-order chi connectivity index (χ0) is 27.5. The molecule has 10 heteroatoms. The maximum Gasteiger partial charge on any atom is 0.223 e. The second-order valence-electron chi connectivity index (χ2n) is 9.47. The fraction of sp³-hybridized carbons (Fsp3) is 0.407. The largest absolute Gasteiger partial charge is 0.508 e. The predicted octanol–water partition coefficient (Wildman–Crippen LogP) is 1.04. The average molecular weight is 510 g/mol. The minimum atomic E-state index is -0.838. The summed E-state index contributed by atoms with van der Waals surface area (Å²) >= 11 is 0. The number of benzene rings is 2. The number of phenolic OH excluding ortho intramolecular Hbond substituents is 1. The number of phenols is 1. The summed E-state index contributed by atoms with van der Waals surface area (Å²) in [5.41, 5.74) is 25.8. The van der Waals surface area contributed by atoms with Gasteiger partial charge in [0, 0.05) is 31.8 Å². The predicted molar refractivity (Wildman–Crippen MR) is 147 cm³/mol. The van der Waals surface area contributed by atoms with Gasteiger partial charge < -0.3 is 33.4 Å². The molecule has 0 saturated carbocycles. The highest BCUT2D eigenvalue weighted by molar-refractivity contribution is 5.91. The number of Topliss-reactive ketones (excluding diaryl/α,β-unsaturated/α-hetero) is 1. The summed E-state index contributed by atoms with van der Waals surface area (Å²) < 4.78 is 0. The summed E-state index contributed by atoms with van der Waals surface area (Å²) in [5.74, 6) is -1.17. The summed E-state index contributed by atoms with van der Waals surface area (Å²) in [7, 11) is 0. The number of hydrogen-bond acceptors (Lipinski definition) is 5. The Hall–Kier alpha value is -4.08. The molecule has 0 fully saturated rings. The van der Waals surface area contributed by atoms with Crippen LogP contribution in [0.4, 0.5) is 0 Å². The van der Waals surface area contributed by atoms with Gasteiger partial charge in [0.15, 0.2) is 17.7 Å². The molecule has 2 rings (SSSR count). The van der Waals surface area contributed by atoms with Gasteiger partial charge >= 0.3 is 0 Å². The van der Waals surface area contributed by atoms with Crippen LogP contribution in [-0.2, 0) is 22.4 Å². The summed E-state index contributed by atoms with van der Waals surface area (Å²) in [5, 5.41) is 12.8. The standard InChI is InChI=1S/C27H39N7O3/c1-16-9-21(35)10-17(2)22(16)13-23(34-27(30)31)24(36)11-18(3)25(37)32-14-20(15-33-26(28)29)12-19-7-5-4-6-8-19/h4-10,18,20,23,35H,11-15H2,1-3H3,(H,32,37)(H4,28,29,33)(H4,30,31,34)/t18-,20?,23-/m0/s1. The highest BCUT2D eigenvalue weighted by Gasteiger charge is 2.25. The lowest BCUT2D eigenvalue weighted by atomic mass is 9.91. The molecule has 37 heavy (non-hydrogen) atoms. The zero-order valence-corrected chi connectivity index (χ0v) is 21.8. The van der Waals surface area contributed by atoms with Crippen LogP contribution < -0.4 is 28.3 Å². The fourth-order valence-corrected chi connectivity index (χ4v) is 4.23. The number of nitrogens with two attached hydrogens (primary N) is 4. The minimum absolute atomic E-state index is 0.00627. The van der Waals surface area contributed by atoms with Crippen molar-refractivity contribution >= 4 is 23.6 Å². The van der Waals surface area contributed by atoms with E-state index in [-0.39, 0.29) is 48.1 Å². The molecule has 200 valence electrons. The molecule has 1 unspecified atom stereocenters. The van der Waals surface area contributed by atoms with Crippen LogP contribution in [0, 0.1) is 25.7 Å². The van der Waals surface area contributed by atoms with Crippen molar-refractivity contribution in [3.05, 3.63) is 64.7 Å². The molecule has 0 aliphatic heterocycles. The Morgan fingerprint density at radius 3 is 2.16 bits per heavy atom. The van der Waals surface area contributed by atoms with Gasteiger partial charge in [-0.15, -0.1) is 0 Å². The zero-order valence-electron chi connectivity index (χ0n) is 21.8. The van der Waals surface area contributed by atoms with Crippen molar-refractivity contribution in [3.63, 3.8) is 0 Å². The number of aromatic hydroxyl groups is 1. The molecule has 0 saturated heterocycles. The van der Waals surface area contributed by atoms with Crippen LogP contribution in [0.1, 0.15) is 35.6 Å². The molecule has 0 radical (unpaired) electrons.